The largest absolute Gasteiger partial charge is 0.462 e. The molecule has 0 bridgehead atoms. The highest BCUT2D eigenvalue weighted by atomic mass is 16.5. The molecule has 0 atom stereocenters. The van der Waals surface area contributed by atoms with Crippen LogP contribution in [0.2, 0.25) is 0 Å². The van der Waals surface area contributed by atoms with Crippen LogP contribution in [0.25, 0.3) is 6.08 Å². The van der Waals surface area contributed by atoms with Crippen LogP contribution in [0.4, 0.5) is 5.69 Å². The predicted octanol–water partition coefficient (Wildman–Crippen LogP) is 3.62. The van der Waals surface area contributed by atoms with Gasteiger partial charge in [-0.15, -0.1) is 0 Å². The number of nitrogens with zero attached hydrogens (tertiary/aromatic N) is 3. The van der Waals surface area contributed by atoms with Crippen molar-refractivity contribution in [1.82, 2.24) is 0 Å². The van der Waals surface area contributed by atoms with E-state index in [1.807, 2.05) is 61.5 Å². The zero-order valence-corrected chi connectivity index (χ0v) is 12.9. The molecule has 0 amide bonds. The summed E-state index contributed by atoms with van der Waals surface area (Å²) in [5.74, 6) is 1.05. The highest BCUT2D eigenvalue weighted by Crippen LogP contribution is 2.30. The number of benzene rings is 1. The summed E-state index contributed by atoms with van der Waals surface area (Å²) in [5.41, 5.74) is 0.885. The van der Waals surface area contributed by atoms with Crippen LogP contribution < -0.4 is 4.90 Å². The minimum Gasteiger partial charge on any atom is -0.462 e. The topological polar surface area (TPSA) is 60.0 Å². The highest BCUT2D eigenvalue weighted by molar-refractivity contribution is 5.57. The van der Waals surface area contributed by atoms with E-state index in [0.717, 1.165) is 11.3 Å². The summed E-state index contributed by atoms with van der Waals surface area (Å²) in [6.45, 7) is 1.73. The van der Waals surface area contributed by atoms with Gasteiger partial charge in [-0.2, -0.15) is 10.5 Å². The van der Waals surface area contributed by atoms with Crippen molar-refractivity contribution in [2.45, 2.75) is 6.92 Å². The maximum absolute atomic E-state index is 9.20. The lowest BCUT2D eigenvalue weighted by Crippen LogP contribution is -2.15. The van der Waals surface area contributed by atoms with E-state index in [1.165, 1.54) is 12.2 Å². The molecule has 0 spiro atoms. The lowest BCUT2D eigenvalue weighted by molar-refractivity contribution is 0.304. The highest BCUT2D eigenvalue weighted by Gasteiger charge is 2.29. The molecule has 4 nitrogen and oxygen atoms in total. The van der Waals surface area contributed by atoms with Crippen LogP contribution in [-0.2, 0) is 4.74 Å². The molecule has 0 aliphatic carbocycles. The van der Waals surface area contributed by atoms with Crippen molar-refractivity contribution >= 4 is 11.8 Å². The average Bonchev–Trinajstić information content (AvgIpc) is 2.52. The maximum atomic E-state index is 9.20. The fourth-order valence-corrected chi connectivity index (χ4v) is 2.13. The fraction of sp³-hybridized carbons (Fsp3) is 0.222. The van der Waals surface area contributed by atoms with Gasteiger partial charge in [0, 0.05) is 19.8 Å². The second kappa shape index (κ2) is 6.20. The molecule has 22 heavy (non-hydrogen) atoms. The van der Waals surface area contributed by atoms with E-state index in [9.17, 15) is 10.5 Å². The Morgan fingerprint density at radius 2 is 1.68 bits per heavy atom. The van der Waals surface area contributed by atoms with Crippen LogP contribution in [0.1, 0.15) is 12.5 Å². The molecular formula is C18H17N3O. The Hall–Kier alpha value is -2.98. The third kappa shape index (κ3) is 3.37. The van der Waals surface area contributed by atoms with E-state index in [2.05, 4.69) is 0 Å². The van der Waals surface area contributed by atoms with Gasteiger partial charge in [0.1, 0.15) is 5.76 Å². The Bertz CT molecular complexity index is 711. The monoisotopic (exact) mass is 291 g/mol. The van der Waals surface area contributed by atoms with Gasteiger partial charge in [0.05, 0.1) is 17.9 Å². The molecule has 0 saturated carbocycles. The predicted molar refractivity (Wildman–Crippen MR) is 86.4 cm³/mol. The quantitative estimate of drug-likeness (QED) is 0.853. The van der Waals surface area contributed by atoms with Gasteiger partial charge in [-0.05, 0) is 42.8 Å². The molecule has 1 aromatic carbocycles. The molecule has 1 aliphatic rings. The molecular weight excluding hydrogens is 274 g/mol. The Labute approximate surface area is 130 Å². The summed E-state index contributed by atoms with van der Waals surface area (Å²) < 4.78 is 5.55. The van der Waals surface area contributed by atoms with E-state index in [0.29, 0.717) is 11.5 Å². The molecule has 0 saturated heterocycles. The summed E-state index contributed by atoms with van der Waals surface area (Å²) in [6, 6.07) is 12.1. The molecule has 0 N–H and O–H groups in total. The van der Waals surface area contributed by atoms with Crippen LogP contribution in [0, 0.1) is 28.1 Å². The number of allylic oxidation sites excluding steroid dienone is 4. The van der Waals surface area contributed by atoms with E-state index < -0.39 is 5.41 Å². The third-order valence-electron chi connectivity index (χ3n) is 3.30. The number of rotatable bonds is 3. The molecule has 0 unspecified atom stereocenters. The van der Waals surface area contributed by atoms with E-state index >= 15 is 0 Å². The zero-order chi connectivity index (χ0) is 16.2. The maximum Gasteiger partial charge on any atom is 0.187 e. The molecule has 0 aromatic heterocycles. The number of hydrogen-bond acceptors (Lipinski definition) is 4. The Kier molecular flexibility index (Phi) is 4.34. The normalized spacial score (nSPS) is 16.0. The van der Waals surface area contributed by atoms with Crippen molar-refractivity contribution in [3.8, 4) is 12.1 Å². The Morgan fingerprint density at radius 3 is 2.23 bits per heavy atom. The van der Waals surface area contributed by atoms with Gasteiger partial charge in [-0.3, -0.25) is 0 Å². The molecule has 0 fully saturated rings. The van der Waals surface area contributed by atoms with Crippen LogP contribution in [0.5, 0.6) is 0 Å². The van der Waals surface area contributed by atoms with Crippen molar-refractivity contribution in [2.75, 3.05) is 19.0 Å². The number of hydrogen-bond donors (Lipinski definition) is 0. The summed E-state index contributed by atoms with van der Waals surface area (Å²) in [6.07, 6.45) is 6.72. The van der Waals surface area contributed by atoms with Crippen molar-refractivity contribution < 1.29 is 4.74 Å². The van der Waals surface area contributed by atoms with Gasteiger partial charge in [0.25, 0.3) is 0 Å². The van der Waals surface area contributed by atoms with Gasteiger partial charge in [0.15, 0.2) is 5.41 Å². The first-order valence-corrected chi connectivity index (χ1v) is 6.86. The third-order valence-corrected chi connectivity index (χ3v) is 3.30. The first-order chi connectivity index (χ1) is 10.5. The first-order valence-electron chi connectivity index (χ1n) is 6.86. The molecule has 1 heterocycles. The van der Waals surface area contributed by atoms with Crippen LogP contribution in [-0.4, -0.2) is 14.1 Å². The second-order valence-corrected chi connectivity index (χ2v) is 5.32. The Morgan fingerprint density at radius 1 is 1.05 bits per heavy atom. The zero-order valence-electron chi connectivity index (χ0n) is 12.9. The SMILES string of the molecule is CC1=CC(C#N)(C#N)C=C(/C=C/c2ccc(N(C)C)cc2)O1. The minimum absolute atomic E-state index is 0.500. The first kappa shape index (κ1) is 15.4. The van der Waals surface area contributed by atoms with Gasteiger partial charge in [-0.1, -0.05) is 18.2 Å². The fourth-order valence-electron chi connectivity index (χ4n) is 2.13. The van der Waals surface area contributed by atoms with E-state index in [4.69, 9.17) is 4.74 Å². The summed E-state index contributed by atoms with van der Waals surface area (Å²) in [4.78, 5) is 2.03. The van der Waals surface area contributed by atoms with Crippen molar-refractivity contribution in [2.24, 2.45) is 5.41 Å². The second-order valence-electron chi connectivity index (χ2n) is 5.32. The van der Waals surface area contributed by atoms with Crippen LogP contribution in [0.15, 0.2) is 54.0 Å². The lowest BCUT2D eigenvalue weighted by atomic mass is 9.88. The van der Waals surface area contributed by atoms with Gasteiger partial charge < -0.3 is 9.64 Å². The Balaban J connectivity index is 2.22. The number of nitriles is 2. The number of ether oxygens (including phenoxy) is 1. The van der Waals surface area contributed by atoms with E-state index in [1.54, 1.807) is 13.0 Å². The van der Waals surface area contributed by atoms with Crippen LogP contribution >= 0.6 is 0 Å². The molecule has 1 aromatic rings. The van der Waals surface area contributed by atoms with Gasteiger partial charge in [-0.25, -0.2) is 0 Å². The van der Waals surface area contributed by atoms with Crippen LogP contribution in [0.3, 0.4) is 0 Å². The van der Waals surface area contributed by atoms with Crippen molar-refractivity contribution in [3.05, 3.63) is 59.6 Å². The molecule has 1 aliphatic heterocycles. The minimum atomic E-state index is -1.25. The molecule has 0 radical (unpaired) electrons. The van der Waals surface area contributed by atoms with Gasteiger partial charge in [0.2, 0.25) is 0 Å². The lowest BCUT2D eigenvalue weighted by Gasteiger charge is -2.19. The summed E-state index contributed by atoms with van der Waals surface area (Å²) in [5, 5.41) is 18.4. The smallest absolute Gasteiger partial charge is 0.187 e. The summed E-state index contributed by atoms with van der Waals surface area (Å²) >= 11 is 0. The van der Waals surface area contributed by atoms with Crippen molar-refractivity contribution in [1.29, 1.82) is 10.5 Å². The molecule has 2 rings (SSSR count). The number of anilines is 1. The van der Waals surface area contributed by atoms with Gasteiger partial charge >= 0.3 is 0 Å². The van der Waals surface area contributed by atoms with Crippen molar-refractivity contribution in [3.63, 3.8) is 0 Å². The standard InChI is InChI=1S/C18H17N3O/c1-14-10-18(12-19,13-20)11-17(22-14)9-6-15-4-7-16(8-5-15)21(2)3/h4-11H,1-3H3/b9-6+. The summed E-state index contributed by atoms with van der Waals surface area (Å²) in [7, 11) is 3.98. The van der Waals surface area contributed by atoms with E-state index in [-0.39, 0.29) is 0 Å². The molecule has 4 heteroatoms. The molecule has 110 valence electrons. The average molecular weight is 291 g/mol.